The molecule has 0 aliphatic heterocycles. The van der Waals surface area contributed by atoms with Gasteiger partial charge in [-0.05, 0) is 36.8 Å². The number of thioether (sulfide) groups is 1. The first-order valence-electron chi connectivity index (χ1n) is 6.49. The Kier molecular flexibility index (Phi) is 5.57. The van der Waals surface area contributed by atoms with E-state index in [1.165, 1.54) is 48.2 Å². The summed E-state index contributed by atoms with van der Waals surface area (Å²) in [5, 5.41) is 13.4. The number of amides is 1. The van der Waals surface area contributed by atoms with Gasteiger partial charge in [0.15, 0.2) is 0 Å². The lowest BCUT2D eigenvalue weighted by atomic mass is 10.2. The van der Waals surface area contributed by atoms with Crippen molar-refractivity contribution in [2.45, 2.75) is 11.8 Å². The van der Waals surface area contributed by atoms with E-state index in [-0.39, 0.29) is 22.4 Å². The van der Waals surface area contributed by atoms with Crippen LogP contribution in [-0.4, -0.2) is 16.6 Å². The molecule has 1 N–H and O–H groups in total. The molecule has 0 fully saturated rings. The maximum absolute atomic E-state index is 13.1. The SMILES string of the molecule is Cc1cc([N+](=O)[O-])ccc1NC(=O)CSc1ccc(F)c(Cl)c1. The molecule has 1 amide bonds. The largest absolute Gasteiger partial charge is 0.325 e. The minimum absolute atomic E-state index is 0.00150. The molecule has 2 rings (SSSR count). The third-order valence-corrected chi connectivity index (χ3v) is 4.24. The highest BCUT2D eigenvalue weighted by molar-refractivity contribution is 8.00. The number of nitro groups is 1. The van der Waals surface area contributed by atoms with Gasteiger partial charge in [-0.15, -0.1) is 11.8 Å². The molecule has 5 nitrogen and oxygen atoms in total. The normalized spacial score (nSPS) is 10.4. The number of carbonyl (C=O) groups excluding carboxylic acids is 1. The molecule has 0 radical (unpaired) electrons. The van der Waals surface area contributed by atoms with Crippen molar-refractivity contribution in [2.24, 2.45) is 0 Å². The molecule has 8 heteroatoms. The number of non-ortho nitro benzene ring substituents is 1. The van der Waals surface area contributed by atoms with E-state index in [1.54, 1.807) is 6.92 Å². The summed E-state index contributed by atoms with van der Waals surface area (Å²) < 4.78 is 13.1. The number of nitrogens with one attached hydrogen (secondary N) is 1. The highest BCUT2D eigenvalue weighted by atomic mass is 35.5. The van der Waals surface area contributed by atoms with Crippen LogP contribution in [0, 0.1) is 22.9 Å². The van der Waals surface area contributed by atoms with Crippen molar-refractivity contribution in [1.82, 2.24) is 0 Å². The van der Waals surface area contributed by atoms with E-state index in [9.17, 15) is 19.3 Å². The molecule has 0 bridgehead atoms. The van der Waals surface area contributed by atoms with E-state index in [0.717, 1.165) is 0 Å². The molecule has 2 aromatic carbocycles. The minimum atomic E-state index is -0.512. The average Bonchev–Trinajstić information content (AvgIpc) is 2.50. The van der Waals surface area contributed by atoms with Gasteiger partial charge in [0.2, 0.25) is 5.91 Å². The Balaban J connectivity index is 1.97. The van der Waals surface area contributed by atoms with Crippen molar-refractivity contribution in [3.63, 3.8) is 0 Å². The van der Waals surface area contributed by atoms with Gasteiger partial charge in [0.25, 0.3) is 5.69 Å². The van der Waals surface area contributed by atoms with E-state index in [1.807, 2.05) is 0 Å². The van der Waals surface area contributed by atoms with E-state index < -0.39 is 10.7 Å². The van der Waals surface area contributed by atoms with Gasteiger partial charge in [-0.2, -0.15) is 0 Å². The lowest BCUT2D eigenvalue weighted by Crippen LogP contribution is -2.14. The monoisotopic (exact) mass is 354 g/mol. The zero-order valence-corrected chi connectivity index (χ0v) is 13.6. The predicted molar refractivity (Wildman–Crippen MR) is 88.6 cm³/mol. The highest BCUT2D eigenvalue weighted by Gasteiger charge is 2.11. The Labute approximate surface area is 141 Å². The zero-order chi connectivity index (χ0) is 17.0. The van der Waals surface area contributed by atoms with Crippen molar-refractivity contribution in [3.8, 4) is 0 Å². The molecule has 0 saturated heterocycles. The van der Waals surface area contributed by atoms with Crippen molar-refractivity contribution in [3.05, 3.63) is 62.9 Å². The summed E-state index contributed by atoms with van der Waals surface area (Å²) in [4.78, 5) is 22.8. The molecule has 2 aromatic rings. The summed E-state index contributed by atoms with van der Waals surface area (Å²) in [6, 6.07) is 8.44. The molecule has 0 aliphatic carbocycles. The van der Waals surface area contributed by atoms with Gasteiger partial charge in [0.1, 0.15) is 5.82 Å². The summed E-state index contributed by atoms with van der Waals surface area (Å²) in [6.45, 7) is 1.68. The summed E-state index contributed by atoms with van der Waals surface area (Å²) in [6.07, 6.45) is 0. The third-order valence-electron chi connectivity index (χ3n) is 2.96. The molecule has 0 heterocycles. The Hall–Kier alpha value is -2.12. The average molecular weight is 355 g/mol. The summed E-state index contributed by atoms with van der Waals surface area (Å²) in [5.74, 6) is -0.673. The number of aryl methyl sites for hydroxylation is 1. The zero-order valence-electron chi connectivity index (χ0n) is 12.0. The van der Waals surface area contributed by atoms with E-state index in [0.29, 0.717) is 16.1 Å². The smallest absolute Gasteiger partial charge is 0.269 e. The Morgan fingerprint density at radius 1 is 1.35 bits per heavy atom. The van der Waals surface area contributed by atoms with Gasteiger partial charge in [-0.3, -0.25) is 14.9 Å². The minimum Gasteiger partial charge on any atom is -0.325 e. The van der Waals surface area contributed by atoms with Crippen LogP contribution in [0.3, 0.4) is 0 Å². The van der Waals surface area contributed by atoms with Crippen LogP contribution in [0.15, 0.2) is 41.3 Å². The van der Waals surface area contributed by atoms with Crippen LogP contribution in [0.1, 0.15) is 5.56 Å². The fourth-order valence-electron chi connectivity index (χ4n) is 1.80. The highest BCUT2D eigenvalue weighted by Crippen LogP contribution is 2.25. The Morgan fingerprint density at radius 3 is 2.70 bits per heavy atom. The first-order chi connectivity index (χ1) is 10.9. The summed E-state index contributed by atoms with van der Waals surface area (Å²) >= 11 is 6.89. The topological polar surface area (TPSA) is 72.2 Å². The van der Waals surface area contributed by atoms with Gasteiger partial charge in [-0.1, -0.05) is 11.6 Å². The number of nitrogens with zero attached hydrogens (tertiary/aromatic N) is 1. The van der Waals surface area contributed by atoms with Crippen molar-refractivity contribution in [1.29, 1.82) is 0 Å². The van der Waals surface area contributed by atoms with Gasteiger partial charge in [-0.25, -0.2) is 4.39 Å². The molecule has 120 valence electrons. The maximum atomic E-state index is 13.1. The number of carbonyl (C=O) groups is 1. The standard InChI is InChI=1S/C15H12ClFN2O3S/c1-9-6-10(19(21)22)2-5-14(9)18-15(20)8-23-11-3-4-13(17)12(16)7-11/h2-7H,8H2,1H3,(H,18,20). The number of anilines is 1. The van der Waals surface area contributed by atoms with Gasteiger partial charge in [0.05, 0.1) is 15.7 Å². The maximum Gasteiger partial charge on any atom is 0.269 e. The third kappa shape index (κ3) is 4.67. The summed E-state index contributed by atoms with van der Waals surface area (Å²) in [7, 11) is 0. The van der Waals surface area contributed by atoms with Gasteiger partial charge >= 0.3 is 0 Å². The number of rotatable bonds is 5. The van der Waals surface area contributed by atoms with Crippen LogP contribution in [0.4, 0.5) is 15.8 Å². The van der Waals surface area contributed by atoms with Crippen molar-refractivity contribution >= 4 is 40.6 Å². The van der Waals surface area contributed by atoms with Crippen molar-refractivity contribution < 1.29 is 14.1 Å². The van der Waals surface area contributed by atoms with Crippen LogP contribution >= 0.6 is 23.4 Å². The molecule has 23 heavy (non-hydrogen) atoms. The number of nitro benzene ring substituents is 1. The Bertz CT molecular complexity index is 770. The number of hydrogen-bond acceptors (Lipinski definition) is 4. The van der Waals surface area contributed by atoms with Gasteiger partial charge < -0.3 is 5.32 Å². The van der Waals surface area contributed by atoms with E-state index >= 15 is 0 Å². The molecular weight excluding hydrogens is 343 g/mol. The van der Waals surface area contributed by atoms with E-state index in [4.69, 9.17) is 11.6 Å². The summed E-state index contributed by atoms with van der Waals surface area (Å²) in [5.41, 5.74) is 1.08. The lowest BCUT2D eigenvalue weighted by molar-refractivity contribution is -0.384. The Morgan fingerprint density at radius 2 is 2.09 bits per heavy atom. The first-order valence-corrected chi connectivity index (χ1v) is 7.86. The van der Waals surface area contributed by atoms with Crippen LogP contribution in [0.25, 0.3) is 0 Å². The second-order valence-corrected chi connectivity index (χ2v) is 6.13. The van der Waals surface area contributed by atoms with Crippen LogP contribution in [0.5, 0.6) is 0 Å². The fourth-order valence-corrected chi connectivity index (χ4v) is 2.78. The number of benzene rings is 2. The molecular formula is C15H12ClFN2O3S. The van der Waals surface area contributed by atoms with Gasteiger partial charge in [0, 0.05) is 22.7 Å². The molecule has 0 unspecified atom stereocenters. The molecule has 0 saturated carbocycles. The predicted octanol–water partition coefficient (Wildman–Crippen LogP) is 4.43. The molecule has 0 aliphatic rings. The quantitative estimate of drug-likeness (QED) is 0.490. The van der Waals surface area contributed by atoms with Crippen LogP contribution in [0.2, 0.25) is 5.02 Å². The van der Waals surface area contributed by atoms with Crippen molar-refractivity contribution in [2.75, 3.05) is 11.1 Å². The molecule has 0 aromatic heterocycles. The fraction of sp³-hybridized carbons (Fsp3) is 0.133. The van der Waals surface area contributed by atoms with Crippen LogP contribution < -0.4 is 5.32 Å². The second-order valence-electron chi connectivity index (χ2n) is 4.67. The van der Waals surface area contributed by atoms with E-state index in [2.05, 4.69) is 5.32 Å². The molecule has 0 spiro atoms. The van der Waals surface area contributed by atoms with Crippen LogP contribution in [-0.2, 0) is 4.79 Å². The molecule has 0 atom stereocenters. The number of hydrogen-bond donors (Lipinski definition) is 1. The number of halogens is 2. The first kappa shape index (κ1) is 17.2. The lowest BCUT2D eigenvalue weighted by Gasteiger charge is -2.08. The second kappa shape index (κ2) is 7.43.